The highest BCUT2D eigenvalue weighted by Crippen LogP contribution is 2.30. The van der Waals surface area contributed by atoms with Gasteiger partial charge >= 0.3 is 0 Å². The molecule has 464 valence electrons. The van der Waals surface area contributed by atoms with E-state index in [0.717, 1.165) is 0 Å². The fourth-order valence-corrected chi connectivity index (χ4v) is 12.2. The molecule has 0 unspecified atom stereocenters. The average Bonchev–Trinajstić information content (AvgIpc) is 0.862. The quantitative estimate of drug-likeness (QED) is 0.135. The van der Waals surface area contributed by atoms with E-state index < -0.39 is 0 Å². The molecule has 0 aliphatic carbocycles. The highest BCUT2D eigenvalue weighted by molar-refractivity contribution is 5.84. The first kappa shape index (κ1) is 65.9. The Morgan fingerprint density at radius 1 is 0.181 bits per heavy atom. The Kier molecular flexibility index (Phi) is 22.0. The lowest BCUT2D eigenvalue weighted by molar-refractivity contribution is -0.660. The minimum atomic E-state index is 1.24. The number of rotatable bonds is 8. The number of aryl methyl sites for hydroxylation is 12. The van der Waals surface area contributed by atoms with Crippen LogP contribution in [-0.2, 0) is 35.2 Å². The number of pyridine rings is 5. The molecular formula is C89H88N5+5. The van der Waals surface area contributed by atoms with Crippen LogP contribution in [0.1, 0.15) is 38.9 Å². The predicted octanol–water partition coefficient (Wildman–Crippen LogP) is 19.2. The molecule has 0 radical (unpaired) electrons. The molecule has 14 aromatic rings. The predicted molar refractivity (Wildman–Crippen MR) is 392 cm³/mol. The third-order valence-electron chi connectivity index (χ3n) is 17.5. The van der Waals surface area contributed by atoms with Crippen LogP contribution in [0, 0.1) is 48.5 Å². The summed E-state index contributed by atoms with van der Waals surface area (Å²) in [5, 5.41) is 2.56. The maximum Gasteiger partial charge on any atom is 0.213 e. The number of aromatic nitrogens is 5. The van der Waals surface area contributed by atoms with Crippen molar-refractivity contribution >= 4 is 10.8 Å². The molecule has 0 amide bonds. The first-order valence-electron chi connectivity index (χ1n) is 32.4. The van der Waals surface area contributed by atoms with Crippen LogP contribution in [0.3, 0.4) is 0 Å². The monoisotopic (exact) mass is 1230 g/mol. The van der Waals surface area contributed by atoms with Crippen molar-refractivity contribution in [3.05, 3.63) is 355 Å². The number of benzene rings is 9. The lowest BCUT2D eigenvalue weighted by atomic mass is 9.98. The third-order valence-corrected chi connectivity index (χ3v) is 17.5. The molecule has 0 aliphatic rings. The summed E-state index contributed by atoms with van der Waals surface area (Å²) in [6, 6.07) is 100. The molecule has 14 rings (SSSR count). The largest absolute Gasteiger partial charge is 0.213 e. The molecule has 0 saturated heterocycles. The van der Waals surface area contributed by atoms with Crippen molar-refractivity contribution in [3.63, 3.8) is 0 Å². The van der Waals surface area contributed by atoms with Gasteiger partial charge in [0.2, 0.25) is 28.5 Å². The fraction of sp³-hybridized carbons (Fsp3) is 0.135. The van der Waals surface area contributed by atoms with Crippen LogP contribution in [0.4, 0.5) is 0 Å². The van der Waals surface area contributed by atoms with Crippen molar-refractivity contribution in [2.45, 2.75) is 48.5 Å². The van der Waals surface area contributed by atoms with E-state index in [1.165, 1.54) is 139 Å². The maximum atomic E-state index is 2.28. The fourth-order valence-electron chi connectivity index (χ4n) is 12.2. The Bertz CT molecular complexity index is 4680. The van der Waals surface area contributed by atoms with E-state index in [-0.39, 0.29) is 0 Å². The van der Waals surface area contributed by atoms with Gasteiger partial charge in [-0.2, -0.15) is 0 Å². The van der Waals surface area contributed by atoms with Gasteiger partial charge in [0.05, 0.1) is 0 Å². The van der Waals surface area contributed by atoms with E-state index in [4.69, 9.17) is 0 Å². The molecule has 94 heavy (non-hydrogen) atoms. The van der Waals surface area contributed by atoms with Gasteiger partial charge < -0.3 is 0 Å². The van der Waals surface area contributed by atoms with Gasteiger partial charge in [-0.05, 0) is 158 Å². The second kappa shape index (κ2) is 31.3. The molecule has 9 aromatic carbocycles. The van der Waals surface area contributed by atoms with Crippen LogP contribution in [0.2, 0.25) is 0 Å². The molecule has 0 bridgehead atoms. The topological polar surface area (TPSA) is 19.4 Å². The molecule has 0 aliphatic heterocycles. The summed E-state index contributed by atoms with van der Waals surface area (Å²) >= 11 is 0. The van der Waals surface area contributed by atoms with E-state index in [1.54, 1.807) is 0 Å². The van der Waals surface area contributed by atoms with Crippen LogP contribution >= 0.6 is 0 Å². The molecule has 5 nitrogen and oxygen atoms in total. The van der Waals surface area contributed by atoms with Gasteiger partial charge in [0, 0.05) is 86.3 Å². The molecular weight excluding hydrogens is 1140 g/mol. The van der Waals surface area contributed by atoms with Crippen LogP contribution in [0.25, 0.3) is 100 Å². The van der Waals surface area contributed by atoms with Crippen molar-refractivity contribution in [2.24, 2.45) is 35.2 Å². The van der Waals surface area contributed by atoms with Gasteiger partial charge in [0.15, 0.2) is 31.0 Å². The Morgan fingerprint density at radius 2 is 0.489 bits per heavy atom. The summed E-state index contributed by atoms with van der Waals surface area (Å²) in [4.78, 5) is 0. The van der Waals surface area contributed by atoms with E-state index in [0.29, 0.717) is 0 Å². The summed E-state index contributed by atoms with van der Waals surface area (Å²) in [6.45, 7) is 15.1. The molecule has 0 saturated carbocycles. The minimum absolute atomic E-state index is 1.24. The molecule has 5 heterocycles. The summed E-state index contributed by atoms with van der Waals surface area (Å²) in [5.74, 6) is 0. The zero-order chi connectivity index (χ0) is 66.1. The first-order chi connectivity index (χ1) is 45.6. The second-order valence-electron chi connectivity index (χ2n) is 24.4. The smallest absolute Gasteiger partial charge is 0.201 e. The Labute approximate surface area is 558 Å². The third kappa shape index (κ3) is 16.2. The van der Waals surface area contributed by atoms with E-state index in [9.17, 15) is 0 Å². The number of fused-ring (bicyclic) bond motifs is 1. The second-order valence-corrected chi connectivity index (χ2v) is 24.4. The van der Waals surface area contributed by atoms with Crippen LogP contribution in [0.15, 0.2) is 316 Å². The maximum absolute atomic E-state index is 2.28. The molecule has 0 N–H and O–H groups in total. The van der Waals surface area contributed by atoms with Gasteiger partial charge in [-0.3, -0.25) is 0 Å². The van der Waals surface area contributed by atoms with Gasteiger partial charge in [0.1, 0.15) is 35.2 Å². The van der Waals surface area contributed by atoms with Gasteiger partial charge in [-0.1, -0.05) is 200 Å². The van der Waals surface area contributed by atoms with Gasteiger partial charge in [-0.25, -0.2) is 22.8 Å². The zero-order valence-electron chi connectivity index (χ0n) is 56.8. The molecule has 0 fully saturated rings. The Morgan fingerprint density at radius 3 is 0.883 bits per heavy atom. The van der Waals surface area contributed by atoms with Crippen LogP contribution < -0.4 is 22.8 Å². The van der Waals surface area contributed by atoms with Crippen molar-refractivity contribution in [1.29, 1.82) is 0 Å². The van der Waals surface area contributed by atoms with E-state index in [1.807, 2.05) is 12.1 Å². The van der Waals surface area contributed by atoms with Crippen LogP contribution in [0.5, 0.6) is 0 Å². The van der Waals surface area contributed by atoms with Gasteiger partial charge in [-0.15, -0.1) is 0 Å². The number of hydrogen-bond acceptors (Lipinski definition) is 0. The number of hydrogen-bond donors (Lipinski definition) is 0. The Hall–Kier alpha value is -11.0. The van der Waals surface area contributed by atoms with E-state index in [2.05, 4.69) is 411 Å². The van der Waals surface area contributed by atoms with Crippen molar-refractivity contribution in [3.8, 4) is 89.7 Å². The normalized spacial score (nSPS) is 10.6. The number of nitrogens with zero attached hydrogens (tertiary/aromatic N) is 5. The van der Waals surface area contributed by atoms with Gasteiger partial charge in [0.25, 0.3) is 0 Å². The Balaban J connectivity index is 0.000000129. The highest BCUT2D eigenvalue weighted by atomic mass is 14.9. The molecule has 5 aromatic heterocycles. The zero-order valence-corrected chi connectivity index (χ0v) is 56.8. The highest BCUT2D eigenvalue weighted by Gasteiger charge is 2.20. The molecule has 0 spiro atoms. The average molecular weight is 1230 g/mol. The molecule has 0 atom stereocenters. The minimum Gasteiger partial charge on any atom is -0.201 e. The summed E-state index contributed by atoms with van der Waals surface area (Å²) < 4.78 is 11.0. The van der Waals surface area contributed by atoms with Crippen molar-refractivity contribution < 1.29 is 22.8 Å². The SMILES string of the molecule is Cc1cc(-c2ccccc2C)[n+](C)cc1-c1ccccc1.Cc1cc(-c2ccccc2C)[n+](C)cc1-c1ccccc1.Cc1ccccc1-c1cc2ccccc2c[n+]1C.Cc1ccccc1-c1ccc(-c2ccccc2)c[n+]1C.Cc1ccccc1-c1cccc[n+]1C. The lowest BCUT2D eigenvalue weighted by Crippen LogP contribution is -2.31. The molecule has 5 heteroatoms. The summed E-state index contributed by atoms with van der Waals surface area (Å²) in [5.41, 5.74) is 29.5. The van der Waals surface area contributed by atoms with Crippen LogP contribution in [-0.4, -0.2) is 0 Å². The first-order valence-corrected chi connectivity index (χ1v) is 32.4. The summed E-state index contributed by atoms with van der Waals surface area (Å²) in [7, 11) is 10.5. The van der Waals surface area contributed by atoms with Crippen molar-refractivity contribution in [1.82, 2.24) is 0 Å². The van der Waals surface area contributed by atoms with Crippen molar-refractivity contribution in [2.75, 3.05) is 0 Å². The van der Waals surface area contributed by atoms with E-state index >= 15 is 0 Å². The summed E-state index contributed by atoms with van der Waals surface area (Å²) in [6.07, 6.45) is 10.9. The lowest BCUT2D eigenvalue weighted by Gasteiger charge is -2.09. The standard InChI is InChI=1S/2C20H20N.C19H18N.C17H16N.C13H14N/c2*1-15-9-7-8-12-18(15)20-13-16(2)19(14-21(20)3)17-10-5-4-6-11-17;1-15-8-6-7-11-18(15)19-13-12-17(14-20(19)2)16-9-4-3-5-10-16;1-13-7-3-6-10-16(13)17-11-14-8-4-5-9-15(14)12-18(17)2;1-11-7-3-4-8-12(11)13-9-5-6-10-14(13)2/h2*4-14H,1-3H3;3-14H,1-2H3;3-12H,1-2H3;3-10H,1-2H3/q5*+1.